The van der Waals surface area contributed by atoms with Crippen LogP contribution in [0.15, 0.2) is 42.6 Å². The zero-order valence-electron chi connectivity index (χ0n) is 17.1. The summed E-state index contributed by atoms with van der Waals surface area (Å²) >= 11 is 5.46. The van der Waals surface area contributed by atoms with Crippen molar-refractivity contribution in [3.63, 3.8) is 0 Å². The number of hydrogen-bond acceptors (Lipinski definition) is 4. The number of benzene rings is 1. The smallest absolute Gasteiger partial charge is 0.171 e. The summed E-state index contributed by atoms with van der Waals surface area (Å²) in [5, 5.41) is 7.16. The molecule has 0 amide bonds. The number of rotatable bonds is 5. The second kappa shape index (κ2) is 9.92. The van der Waals surface area contributed by atoms with Crippen molar-refractivity contribution in [2.24, 2.45) is 0 Å². The maximum atomic E-state index is 5.46. The van der Waals surface area contributed by atoms with Crippen molar-refractivity contribution in [3.8, 4) is 0 Å². The molecule has 3 heterocycles. The number of pyridine rings is 1. The monoisotopic (exact) mass is 409 g/mol. The Morgan fingerprint density at radius 3 is 2.14 bits per heavy atom. The molecule has 5 nitrogen and oxygen atoms in total. The molecule has 0 unspecified atom stereocenters. The molecule has 0 bridgehead atoms. The van der Waals surface area contributed by atoms with Gasteiger partial charge in [0.25, 0.3) is 0 Å². The highest BCUT2D eigenvalue weighted by Gasteiger charge is 2.12. The number of anilines is 3. The van der Waals surface area contributed by atoms with Gasteiger partial charge in [-0.3, -0.25) is 0 Å². The molecule has 154 valence electrons. The minimum Gasteiger partial charge on any atom is -0.372 e. The Kier molecular flexibility index (Phi) is 6.83. The zero-order valence-corrected chi connectivity index (χ0v) is 17.9. The van der Waals surface area contributed by atoms with Gasteiger partial charge in [-0.1, -0.05) is 25.0 Å². The highest BCUT2D eigenvalue weighted by Crippen LogP contribution is 2.21. The summed E-state index contributed by atoms with van der Waals surface area (Å²) in [5.41, 5.74) is 3.47. The van der Waals surface area contributed by atoms with Crippen LogP contribution in [0.3, 0.4) is 0 Å². The molecule has 0 aliphatic carbocycles. The molecule has 2 fully saturated rings. The topological polar surface area (TPSA) is 43.4 Å². The van der Waals surface area contributed by atoms with Crippen LogP contribution in [-0.4, -0.2) is 36.3 Å². The Morgan fingerprint density at radius 2 is 1.48 bits per heavy atom. The predicted molar refractivity (Wildman–Crippen MR) is 126 cm³/mol. The molecule has 0 radical (unpaired) electrons. The van der Waals surface area contributed by atoms with Crippen molar-refractivity contribution in [3.05, 3.63) is 48.2 Å². The van der Waals surface area contributed by atoms with Crippen molar-refractivity contribution in [2.75, 3.05) is 41.3 Å². The van der Waals surface area contributed by atoms with E-state index in [0.29, 0.717) is 11.7 Å². The minimum absolute atomic E-state index is 0.623. The molecule has 0 atom stereocenters. The predicted octanol–water partition coefficient (Wildman–Crippen LogP) is 4.55. The zero-order chi connectivity index (χ0) is 19.9. The molecular weight excluding hydrogens is 378 g/mol. The van der Waals surface area contributed by atoms with Gasteiger partial charge in [-0.15, -0.1) is 0 Å². The van der Waals surface area contributed by atoms with Crippen LogP contribution in [0.5, 0.6) is 0 Å². The summed E-state index contributed by atoms with van der Waals surface area (Å²) in [5.74, 6) is 1.06. The molecule has 2 N–H and O–H groups in total. The summed E-state index contributed by atoms with van der Waals surface area (Å²) in [4.78, 5) is 9.47. The molecule has 1 aromatic heterocycles. The first-order valence-corrected chi connectivity index (χ1v) is 11.3. The third-order valence-electron chi connectivity index (χ3n) is 5.80. The van der Waals surface area contributed by atoms with Crippen LogP contribution in [0, 0.1) is 0 Å². The molecule has 0 spiro atoms. The second-order valence-electron chi connectivity index (χ2n) is 7.97. The average molecular weight is 410 g/mol. The van der Waals surface area contributed by atoms with E-state index in [2.05, 4.69) is 61.8 Å². The molecule has 29 heavy (non-hydrogen) atoms. The van der Waals surface area contributed by atoms with Gasteiger partial charge in [0.05, 0.1) is 11.9 Å². The maximum absolute atomic E-state index is 5.46. The van der Waals surface area contributed by atoms with Crippen LogP contribution in [0.25, 0.3) is 0 Å². The Balaban J connectivity index is 1.25. The van der Waals surface area contributed by atoms with Gasteiger partial charge < -0.3 is 20.4 Å². The van der Waals surface area contributed by atoms with E-state index >= 15 is 0 Å². The van der Waals surface area contributed by atoms with Crippen molar-refractivity contribution in [2.45, 2.75) is 45.1 Å². The van der Waals surface area contributed by atoms with Crippen molar-refractivity contribution < 1.29 is 0 Å². The third kappa shape index (κ3) is 5.60. The van der Waals surface area contributed by atoms with E-state index in [1.807, 2.05) is 6.20 Å². The van der Waals surface area contributed by atoms with Crippen LogP contribution in [0.4, 0.5) is 17.2 Å². The average Bonchev–Trinajstić information content (AvgIpc) is 3.16. The fourth-order valence-corrected chi connectivity index (χ4v) is 4.29. The van der Waals surface area contributed by atoms with E-state index in [1.54, 1.807) is 0 Å². The molecule has 2 aromatic rings. The SMILES string of the molecule is S=C(NCc1ccc(N2CCCC2)cc1)Nc1ccc(N2CCCCCC2)nc1. The number of hydrogen-bond donors (Lipinski definition) is 2. The van der Waals surface area contributed by atoms with Gasteiger partial charge >= 0.3 is 0 Å². The quantitative estimate of drug-likeness (QED) is 0.707. The van der Waals surface area contributed by atoms with Crippen LogP contribution >= 0.6 is 12.2 Å². The van der Waals surface area contributed by atoms with Gasteiger partial charge in [0.1, 0.15) is 5.82 Å². The number of nitrogens with one attached hydrogen (secondary N) is 2. The Labute approximate surface area is 179 Å². The van der Waals surface area contributed by atoms with Gasteiger partial charge in [-0.05, 0) is 67.7 Å². The lowest BCUT2D eigenvalue weighted by atomic mass is 10.2. The summed E-state index contributed by atoms with van der Waals surface area (Å²) in [6.45, 7) is 5.28. The fraction of sp³-hybridized carbons (Fsp3) is 0.478. The lowest BCUT2D eigenvalue weighted by molar-refractivity contribution is 0.726. The van der Waals surface area contributed by atoms with Crippen molar-refractivity contribution >= 4 is 34.5 Å². The van der Waals surface area contributed by atoms with E-state index in [-0.39, 0.29) is 0 Å². The highest BCUT2D eigenvalue weighted by molar-refractivity contribution is 7.80. The first-order chi connectivity index (χ1) is 14.3. The van der Waals surface area contributed by atoms with E-state index < -0.39 is 0 Å². The molecule has 4 rings (SSSR count). The van der Waals surface area contributed by atoms with Gasteiger partial charge in [0.2, 0.25) is 0 Å². The lowest BCUT2D eigenvalue weighted by Crippen LogP contribution is -2.28. The first-order valence-electron chi connectivity index (χ1n) is 10.9. The van der Waals surface area contributed by atoms with Crippen LogP contribution in [0.1, 0.15) is 44.1 Å². The van der Waals surface area contributed by atoms with E-state index in [4.69, 9.17) is 12.2 Å². The van der Waals surface area contributed by atoms with Crippen molar-refractivity contribution in [1.82, 2.24) is 10.3 Å². The number of nitrogens with zero attached hydrogens (tertiary/aromatic N) is 3. The number of aromatic nitrogens is 1. The summed E-state index contributed by atoms with van der Waals surface area (Å²) < 4.78 is 0. The van der Waals surface area contributed by atoms with Crippen molar-refractivity contribution in [1.29, 1.82) is 0 Å². The first kappa shape index (κ1) is 20.0. The molecule has 2 saturated heterocycles. The lowest BCUT2D eigenvalue weighted by Gasteiger charge is -2.21. The molecule has 1 aromatic carbocycles. The van der Waals surface area contributed by atoms with Crippen LogP contribution < -0.4 is 20.4 Å². The summed E-state index contributed by atoms with van der Waals surface area (Å²) in [6.07, 6.45) is 9.66. The molecule has 2 aliphatic heterocycles. The Morgan fingerprint density at radius 1 is 0.828 bits per heavy atom. The van der Waals surface area contributed by atoms with Gasteiger partial charge in [0, 0.05) is 38.4 Å². The maximum Gasteiger partial charge on any atom is 0.171 e. The third-order valence-corrected chi connectivity index (χ3v) is 6.04. The normalized spacial score (nSPS) is 17.1. The second-order valence-corrected chi connectivity index (χ2v) is 8.38. The van der Waals surface area contributed by atoms with Crippen LogP contribution in [0.2, 0.25) is 0 Å². The summed E-state index contributed by atoms with van der Waals surface area (Å²) in [7, 11) is 0. The standard InChI is InChI=1S/C23H31N5S/c29-23(25-17-19-7-10-21(11-8-19)27-13-5-6-14-27)26-20-9-12-22(24-18-20)28-15-3-1-2-4-16-28/h7-12,18H,1-6,13-17H2,(H2,25,26,29). The summed E-state index contributed by atoms with van der Waals surface area (Å²) in [6, 6.07) is 12.9. The van der Waals surface area contributed by atoms with E-state index in [0.717, 1.165) is 24.6 Å². The molecule has 2 aliphatic rings. The Hall–Kier alpha value is -2.34. The van der Waals surface area contributed by atoms with Gasteiger partial charge in [-0.2, -0.15) is 0 Å². The number of thiocarbonyl (C=S) groups is 1. The van der Waals surface area contributed by atoms with Gasteiger partial charge in [-0.25, -0.2) is 4.98 Å². The van der Waals surface area contributed by atoms with E-state index in [9.17, 15) is 0 Å². The largest absolute Gasteiger partial charge is 0.372 e. The molecular formula is C23H31N5S. The Bertz CT molecular complexity index is 776. The highest BCUT2D eigenvalue weighted by atomic mass is 32.1. The van der Waals surface area contributed by atoms with E-state index in [1.165, 1.54) is 62.9 Å². The molecule has 0 saturated carbocycles. The van der Waals surface area contributed by atoms with Gasteiger partial charge in [0.15, 0.2) is 5.11 Å². The fourth-order valence-electron chi connectivity index (χ4n) is 4.10. The molecule has 6 heteroatoms. The minimum atomic E-state index is 0.623. The van der Waals surface area contributed by atoms with Crippen LogP contribution in [-0.2, 0) is 6.54 Å².